The molecular formula is C9H15N3O3. The van der Waals surface area contributed by atoms with Gasteiger partial charge in [0.2, 0.25) is 0 Å². The fraction of sp³-hybridized carbons (Fsp3) is 0.667. The molecule has 0 radical (unpaired) electrons. The largest absolute Gasteiger partial charge is 0.488 e. The van der Waals surface area contributed by atoms with Gasteiger partial charge < -0.3 is 5.11 Å². The highest BCUT2D eigenvalue weighted by molar-refractivity contribution is 4.96. The van der Waals surface area contributed by atoms with Gasteiger partial charge in [-0.1, -0.05) is 20.8 Å². The molecule has 1 rings (SSSR count). The maximum Gasteiger partial charge on any atom is 0.344 e. The molecule has 84 valence electrons. The molecular weight excluding hydrogens is 198 g/mol. The van der Waals surface area contributed by atoms with E-state index in [0.717, 1.165) is 11.1 Å². The molecule has 2 N–H and O–H groups in total. The Morgan fingerprint density at radius 2 is 2.00 bits per heavy atom. The van der Waals surface area contributed by atoms with E-state index in [1.807, 2.05) is 25.8 Å². The summed E-state index contributed by atoms with van der Waals surface area (Å²) in [7, 11) is 0. The molecule has 6 nitrogen and oxygen atoms in total. The minimum atomic E-state index is -0.855. The zero-order valence-electron chi connectivity index (χ0n) is 9.07. The number of nitrogens with one attached hydrogen (secondary N) is 1. The summed E-state index contributed by atoms with van der Waals surface area (Å²) in [6.07, 6.45) is 0.728. The van der Waals surface area contributed by atoms with Gasteiger partial charge in [-0.25, -0.2) is 9.48 Å². The molecule has 1 aromatic rings. The Morgan fingerprint density at radius 3 is 2.53 bits per heavy atom. The van der Waals surface area contributed by atoms with Crippen LogP contribution >= 0.6 is 0 Å². The maximum absolute atomic E-state index is 11.2. The van der Waals surface area contributed by atoms with Crippen molar-refractivity contribution in [2.45, 2.75) is 33.7 Å². The standard InChI is InChI=1S/C9H15N3O3/c1-9(2,3)4-5-12-8(15)10-6(13)7(14)11-12/h4-5H2,1-3H3,(H,11,14)(H,10,13,15). The molecule has 0 aliphatic rings. The van der Waals surface area contributed by atoms with Gasteiger partial charge in [0.05, 0.1) is 0 Å². The maximum atomic E-state index is 11.2. The van der Waals surface area contributed by atoms with Crippen LogP contribution in [0.15, 0.2) is 9.59 Å². The third-order valence-electron chi connectivity index (χ3n) is 1.95. The Kier molecular flexibility index (Phi) is 2.97. The van der Waals surface area contributed by atoms with Gasteiger partial charge in [-0.2, -0.15) is 0 Å². The lowest BCUT2D eigenvalue weighted by atomic mass is 9.92. The summed E-state index contributed by atoms with van der Waals surface area (Å²) in [5.74, 6) is -0.677. The Hall–Kier alpha value is -1.59. The van der Waals surface area contributed by atoms with Gasteiger partial charge in [0, 0.05) is 6.54 Å². The minimum absolute atomic E-state index is 0.0624. The van der Waals surface area contributed by atoms with E-state index in [9.17, 15) is 9.59 Å². The van der Waals surface area contributed by atoms with Crippen LogP contribution in [0.5, 0.6) is 5.88 Å². The van der Waals surface area contributed by atoms with Crippen LogP contribution in [0, 0.1) is 5.41 Å². The highest BCUT2D eigenvalue weighted by atomic mass is 16.3. The third-order valence-corrected chi connectivity index (χ3v) is 1.95. The van der Waals surface area contributed by atoms with Gasteiger partial charge in [-0.15, -0.1) is 5.10 Å². The lowest BCUT2D eigenvalue weighted by Gasteiger charge is -2.17. The van der Waals surface area contributed by atoms with E-state index in [1.165, 1.54) is 0 Å². The van der Waals surface area contributed by atoms with Crippen LogP contribution in [-0.2, 0) is 6.54 Å². The van der Waals surface area contributed by atoms with Gasteiger partial charge in [0.1, 0.15) is 0 Å². The molecule has 0 spiro atoms. The van der Waals surface area contributed by atoms with Crippen molar-refractivity contribution < 1.29 is 5.11 Å². The molecule has 6 heteroatoms. The Morgan fingerprint density at radius 1 is 1.40 bits per heavy atom. The average Bonchev–Trinajstić information content (AvgIpc) is 2.07. The number of hydrogen-bond acceptors (Lipinski definition) is 4. The Bertz CT molecular complexity index is 453. The van der Waals surface area contributed by atoms with E-state index in [-0.39, 0.29) is 5.41 Å². The molecule has 0 saturated heterocycles. The summed E-state index contributed by atoms with van der Waals surface area (Å²) < 4.78 is 1.06. The fourth-order valence-electron chi connectivity index (χ4n) is 1.02. The number of rotatable bonds is 2. The average molecular weight is 213 g/mol. The smallest absolute Gasteiger partial charge is 0.344 e. The highest BCUT2D eigenvalue weighted by Crippen LogP contribution is 2.18. The predicted octanol–water partition coefficient (Wildman–Crippen LogP) is 0.0734. The molecule has 15 heavy (non-hydrogen) atoms. The number of aryl methyl sites for hydroxylation is 1. The van der Waals surface area contributed by atoms with Crippen molar-refractivity contribution in [1.82, 2.24) is 14.8 Å². The van der Waals surface area contributed by atoms with Crippen molar-refractivity contribution in [2.75, 3.05) is 0 Å². The number of aromatic nitrogens is 3. The second-order valence-corrected chi connectivity index (χ2v) is 4.62. The fourth-order valence-corrected chi connectivity index (χ4v) is 1.02. The summed E-state index contributed by atoms with van der Waals surface area (Å²) in [5, 5.41) is 12.5. The second kappa shape index (κ2) is 3.88. The van der Waals surface area contributed by atoms with Crippen LogP contribution in [0.3, 0.4) is 0 Å². The van der Waals surface area contributed by atoms with Crippen LogP contribution in [0.1, 0.15) is 27.2 Å². The van der Waals surface area contributed by atoms with Crippen molar-refractivity contribution in [3.8, 4) is 5.88 Å². The topological polar surface area (TPSA) is 88.0 Å². The van der Waals surface area contributed by atoms with Gasteiger partial charge in [0.25, 0.3) is 5.88 Å². The molecule has 0 saturated carbocycles. The zero-order valence-corrected chi connectivity index (χ0v) is 9.07. The number of aromatic amines is 1. The molecule has 0 aliphatic carbocycles. The lowest BCUT2D eigenvalue weighted by molar-refractivity contribution is 0.322. The summed E-state index contributed by atoms with van der Waals surface area (Å²) in [4.78, 5) is 24.0. The summed E-state index contributed by atoms with van der Waals surface area (Å²) in [6, 6.07) is 0. The van der Waals surface area contributed by atoms with E-state index in [4.69, 9.17) is 5.11 Å². The first-order chi connectivity index (χ1) is 6.79. The molecule has 0 amide bonds. The van der Waals surface area contributed by atoms with E-state index >= 15 is 0 Å². The first-order valence-corrected chi connectivity index (χ1v) is 4.70. The molecule has 0 fully saturated rings. The third kappa shape index (κ3) is 3.23. The number of nitrogens with zero attached hydrogens (tertiary/aromatic N) is 2. The molecule has 0 unspecified atom stereocenters. The molecule has 1 aromatic heterocycles. The molecule has 0 aromatic carbocycles. The van der Waals surface area contributed by atoms with Gasteiger partial charge in [0.15, 0.2) is 0 Å². The molecule has 0 bridgehead atoms. The van der Waals surface area contributed by atoms with Crippen LogP contribution in [0.25, 0.3) is 0 Å². The van der Waals surface area contributed by atoms with Crippen molar-refractivity contribution in [2.24, 2.45) is 5.41 Å². The van der Waals surface area contributed by atoms with Crippen molar-refractivity contribution in [1.29, 1.82) is 0 Å². The van der Waals surface area contributed by atoms with E-state index in [1.54, 1.807) is 0 Å². The lowest BCUT2D eigenvalue weighted by Crippen LogP contribution is -2.32. The molecule has 0 atom stereocenters. The minimum Gasteiger partial charge on any atom is -0.488 e. The van der Waals surface area contributed by atoms with Gasteiger partial charge >= 0.3 is 11.2 Å². The van der Waals surface area contributed by atoms with E-state index in [0.29, 0.717) is 6.54 Å². The number of hydrogen-bond donors (Lipinski definition) is 2. The predicted molar refractivity (Wildman–Crippen MR) is 54.9 cm³/mol. The van der Waals surface area contributed by atoms with Crippen LogP contribution in [0.4, 0.5) is 0 Å². The Balaban J connectivity index is 2.92. The molecule has 0 aliphatic heterocycles. The zero-order chi connectivity index (χ0) is 11.6. The van der Waals surface area contributed by atoms with Crippen molar-refractivity contribution in [3.63, 3.8) is 0 Å². The normalized spacial score (nSPS) is 11.7. The van der Waals surface area contributed by atoms with Crippen LogP contribution in [0.2, 0.25) is 0 Å². The second-order valence-electron chi connectivity index (χ2n) is 4.62. The SMILES string of the molecule is CC(C)(C)CCn1nc(O)c(=O)[nH]c1=O. The number of aromatic hydroxyl groups is 1. The summed E-state index contributed by atoms with van der Waals surface area (Å²) in [5.41, 5.74) is -1.39. The van der Waals surface area contributed by atoms with Gasteiger partial charge in [-0.3, -0.25) is 9.78 Å². The molecule has 1 heterocycles. The Labute approximate surface area is 86.6 Å². The van der Waals surface area contributed by atoms with Crippen molar-refractivity contribution >= 4 is 0 Å². The van der Waals surface area contributed by atoms with Crippen LogP contribution in [-0.4, -0.2) is 19.9 Å². The van der Waals surface area contributed by atoms with E-state index < -0.39 is 17.1 Å². The number of H-pyrrole nitrogens is 1. The van der Waals surface area contributed by atoms with E-state index in [2.05, 4.69) is 5.10 Å². The summed E-state index contributed by atoms with van der Waals surface area (Å²) in [6.45, 7) is 6.46. The van der Waals surface area contributed by atoms with Crippen molar-refractivity contribution in [3.05, 3.63) is 20.8 Å². The quantitative estimate of drug-likeness (QED) is 0.727. The monoisotopic (exact) mass is 213 g/mol. The highest BCUT2D eigenvalue weighted by Gasteiger charge is 2.12. The van der Waals surface area contributed by atoms with Crippen LogP contribution < -0.4 is 11.2 Å². The first-order valence-electron chi connectivity index (χ1n) is 4.70. The van der Waals surface area contributed by atoms with Gasteiger partial charge in [-0.05, 0) is 11.8 Å². The first kappa shape index (κ1) is 11.5. The summed E-state index contributed by atoms with van der Waals surface area (Å²) >= 11 is 0.